The van der Waals surface area contributed by atoms with Gasteiger partial charge in [-0.05, 0) is 64.3 Å². The van der Waals surface area contributed by atoms with Crippen molar-refractivity contribution in [2.45, 2.75) is 6.92 Å². The van der Waals surface area contributed by atoms with Crippen LogP contribution in [0.1, 0.15) is 11.1 Å². The van der Waals surface area contributed by atoms with Crippen molar-refractivity contribution in [1.82, 2.24) is 4.90 Å². The molecular formula is C21H20BrNO4S2. The van der Waals surface area contributed by atoms with E-state index in [4.69, 9.17) is 26.4 Å². The maximum absolute atomic E-state index is 12.2. The summed E-state index contributed by atoms with van der Waals surface area (Å²) < 4.78 is 18.3. The quantitative estimate of drug-likeness (QED) is 0.305. The molecule has 0 spiro atoms. The average Bonchev–Trinajstić information content (AvgIpc) is 2.93. The van der Waals surface area contributed by atoms with Gasteiger partial charge >= 0.3 is 0 Å². The van der Waals surface area contributed by atoms with Crippen molar-refractivity contribution in [3.8, 4) is 17.2 Å². The zero-order valence-corrected chi connectivity index (χ0v) is 19.4. The van der Waals surface area contributed by atoms with Gasteiger partial charge in [-0.25, -0.2) is 0 Å². The maximum atomic E-state index is 12.2. The van der Waals surface area contributed by atoms with Crippen molar-refractivity contribution in [3.63, 3.8) is 0 Å². The largest absolute Gasteiger partial charge is 0.493 e. The summed E-state index contributed by atoms with van der Waals surface area (Å²) in [6, 6.07) is 11.6. The predicted molar refractivity (Wildman–Crippen MR) is 124 cm³/mol. The molecule has 0 aromatic heterocycles. The fourth-order valence-corrected chi connectivity index (χ4v) is 4.42. The Morgan fingerprint density at radius 2 is 1.97 bits per heavy atom. The van der Waals surface area contributed by atoms with Gasteiger partial charge < -0.3 is 14.2 Å². The number of hydrogen-bond acceptors (Lipinski definition) is 6. The highest BCUT2D eigenvalue weighted by Gasteiger charge is 2.28. The number of methoxy groups -OCH3 is 1. The monoisotopic (exact) mass is 493 g/mol. The minimum atomic E-state index is -0.108. The molecule has 0 radical (unpaired) electrons. The molecule has 29 heavy (non-hydrogen) atoms. The molecule has 1 heterocycles. The minimum Gasteiger partial charge on any atom is -0.493 e. The zero-order valence-electron chi connectivity index (χ0n) is 16.2. The molecule has 1 aliphatic heterocycles. The Labute approximate surface area is 188 Å². The molecule has 1 saturated heterocycles. The molecule has 1 aliphatic rings. The number of rotatable bonds is 7. The molecule has 1 amide bonds. The lowest BCUT2D eigenvalue weighted by Crippen LogP contribution is -2.22. The number of hydrogen-bond donors (Lipinski definition) is 0. The van der Waals surface area contributed by atoms with Crippen LogP contribution in [0.4, 0.5) is 0 Å². The molecule has 0 bridgehead atoms. The van der Waals surface area contributed by atoms with Crippen LogP contribution in [0, 0.1) is 6.92 Å². The van der Waals surface area contributed by atoms with Gasteiger partial charge in [-0.3, -0.25) is 9.69 Å². The van der Waals surface area contributed by atoms with E-state index in [0.717, 1.165) is 21.3 Å². The van der Waals surface area contributed by atoms with Gasteiger partial charge in [0.15, 0.2) is 11.5 Å². The number of amides is 1. The molecule has 2 aromatic carbocycles. The first-order valence-electron chi connectivity index (χ1n) is 8.80. The highest BCUT2D eigenvalue weighted by Crippen LogP contribution is 2.39. The van der Waals surface area contributed by atoms with E-state index in [1.807, 2.05) is 43.3 Å². The molecule has 0 atom stereocenters. The minimum absolute atomic E-state index is 0.108. The summed E-state index contributed by atoms with van der Waals surface area (Å²) >= 11 is 9.98. The maximum Gasteiger partial charge on any atom is 0.265 e. The van der Waals surface area contributed by atoms with Crippen LogP contribution < -0.4 is 14.2 Å². The van der Waals surface area contributed by atoms with Gasteiger partial charge in [0.25, 0.3) is 5.91 Å². The van der Waals surface area contributed by atoms with Crippen molar-refractivity contribution in [1.29, 1.82) is 0 Å². The first kappa shape index (κ1) is 21.7. The average molecular weight is 494 g/mol. The number of ether oxygens (including phenoxy) is 3. The molecular weight excluding hydrogens is 474 g/mol. The third kappa shape index (κ3) is 5.32. The summed E-state index contributed by atoms with van der Waals surface area (Å²) in [4.78, 5) is 14.2. The zero-order chi connectivity index (χ0) is 21.0. The molecule has 5 nitrogen and oxygen atoms in total. The van der Waals surface area contributed by atoms with Gasteiger partial charge in [-0.2, -0.15) is 0 Å². The van der Waals surface area contributed by atoms with Gasteiger partial charge in [-0.1, -0.05) is 36.1 Å². The van der Waals surface area contributed by atoms with Gasteiger partial charge in [0.1, 0.15) is 23.3 Å². The van der Waals surface area contributed by atoms with Crippen molar-refractivity contribution >= 4 is 56.2 Å². The smallest absolute Gasteiger partial charge is 0.265 e. The van der Waals surface area contributed by atoms with Crippen LogP contribution in [-0.4, -0.2) is 42.5 Å². The van der Waals surface area contributed by atoms with Crippen LogP contribution in [0.3, 0.4) is 0 Å². The Morgan fingerprint density at radius 1 is 1.21 bits per heavy atom. The van der Waals surface area contributed by atoms with E-state index in [-0.39, 0.29) is 5.91 Å². The number of likely N-dealkylation sites (N-methyl/N-ethyl adjacent to an activating group) is 1. The molecule has 0 N–H and O–H groups in total. The third-order valence-corrected chi connectivity index (χ3v) is 6.20. The van der Waals surface area contributed by atoms with E-state index in [0.29, 0.717) is 33.9 Å². The fraction of sp³-hybridized carbons (Fsp3) is 0.238. The standard InChI is InChI=1S/C21H20BrNO4S2/c1-13-5-4-6-15(9-13)26-7-8-27-19-16(22)10-14(11-17(19)25-3)12-18-20(24)23(2)21(28)29-18/h4-6,9-12H,7-8H2,1-3H3/b18-12+. The normalized spacial score (nSPS) is 15.2. The lowest BCUT2D eigenvalue weighted by Gasteiger charge is -2.14. The Kier molecular flexibility index (Phi) is 7.21. The summed E-state index contributed by atoms with van der Waals surface area (Å²) in [5.41, 5.74) is 1.95. The van der Waals surface area contributed by atoms with Crippen LogP contribution in [0.15, 0.2) is 45.8 Å². The number of carbonyl (C=O) groups excluding carboxylic acids is 1. The summed E-state index contributed by atoms with van der Waals surface area (Å²) in [6.45, 7) is 2.78. The van der Waals surface area contributed by atoms with Gasteiger partial charge in [0.2, 0.25) is 0 Å². The van der Waals surface area contributed by atoms with Gasteiger partial charge in [-0.15, -0.1) is 0 Å². The van der Waals surface area contributed by atoms with Crippen molar-refractivity contribution in [2.24, 2.45) is 0 Å². The van der Waals surface area contributed by atoms with Crippen LogP contribution in [0.2, 0.25) is 0 Å². The topological polar surface area (TPSA) is 48.0 Å². The third-order valence-electron chi connectivity index (χ3n) is 4.12. The Balaban J connectivity index is 1.68. The van der Waals surface area contributed by atoms with Crippen LogP contribution >= 0.6 is 39.9 Å². The van der Waals surface area contributed by atoms with Crippen LogP contribution in [0.5, 0.6) is 17.2 Å². The molecule has 152 valence electrons. The predicted octanol–water partition coefficient (Wildman–Crippen LogP) is 5.05. The van der Waals surface area contributed by atoms with Gasteiger partial charge in [0.05, 0.1) is 16.5 Å². The lowest BCUT2D eigenvalue weighted by molar-refractivity contribution is -0.121. The number of nitrogens with zero attached hydrogens (tertiary/aromatic N) is 1. The number of carbonyl (C=O) groups is 1. The summed E-state index contributed by atoms with van der Waals surface area (Å²) in [6.07, 6.45) is 1.79. The van der Waals surface area contributed by atoms with E-state index < -0.39 is 0 Å². The van der Waals surface area contributed by atoms with E-state index >= 15 is 0 Å². The van der Waals surface area contributed by atoms with Crippen molar-refractivity contribution in [2.75, 3.05) is 27.4 Å². The van der Waals surface area contributed by atoms with Crippen LogP contribution in [0.25, 0.3) is 6.08 Å². The summed E-state index contributed by atoms with van der Waals surface area (Å²) in [7, 11) is 3.25. The Morgan fingerprint density at radius 3 is 2.62 bits per heavy atom. The fourth-order valence-electron chi connectivity index (χ4n) is 2.67. The first-order valence-corrected chi connectivity index (χ1v) is 10.8. The van der Waals surface area contributed by atoms with E-state index in [1.54, 1.807) is 20.2 Å². The second kappa shape index (κ2) is 9.65. The Bertz CT molecular complexity index is 977. The number of thiocarbonyl (C=S) groups is 1. The second-order valence-electron chi connectivity index (χ2n) is 6.29. The van der Waals surface area contributed by atoms with E-state index in [2.05, 4.69) is 15.9 Å². The highest BCUT2D eigenvalue weighted by molar-refractivity contribution is 9.10. The molecule has 1 fully saturated rings. The number of aryl methyl sites for hydroxylation is 1. The lowest BCUT2D eigenvalue weighted by atomic mass is 10.2. The summed E-state index contributed by atoms with van der Waals surface area (Å²) in [5, 5.41) is 0. The van der Waals surface area contributed by atoms with E-state index in [1.165, 1.54) is 16.7 Å². The second-order valence-corrected chi connectivity index (χ2v) is 8.82. The molecule has 2 aromatic rings. The Hall–Kier alpha value is -2.03. The number of benzene rings is 2. The molecule has 0 saturated carbocycles. The van der Waals surface area contributed by atoms with Crippen LogP contribution in [-0.2, 0) is 4.79 Å². The van der Waals surface area contributed by atoms with Crippen molar-refractivity contribution in [3.05, 3.63) is 56.9 Å². The molecule has 8 heteroatoms. The number of halogens is 1. The van der Waals surface area contributed by atoms with Gasteiger partial charge in [0, 0.05) is 7.05 Å². The number of thioether (sulfide) groups is 1. The molecule has 0 unspecified atom stereocenters. The van der Waals surface area contributed by atoms with Crippen molar-refractivity contribution < 1.29 is 19.0 Å². The first-order chi connectivity index (χ1) is 13.9. The van der Waals surface area contributed by atoms with E-state index in [9.17, 15) is 4.79 Å². The highest BCUT2D eigenvalue weighted by atomic mass is 79.9. The molecule has 0 aliphatic carbocycles. The summed E-state index contributed by atoms with van der Waals surface area (Å²) in [5.74, 6) is 1.85. The SMILES string of the molecule is COc1cc(/C=C2/SC(=S)N(C)C2=O)cc(Br)c1OCCOc1cccc(C)c1. The molecule has 3 rings (SSSR count).